The van der Waals surface area contributed by atoms with Crippen molar-refractivity contribution in [2.24, 2.45) is 5.92 Å². The van der Waals surface area contributed by atoms with E-state index in [1.807, 2.05) is 0 Å². The van der Waals surface area contributed by atoms with Crippen molar-refractivity contribution >= 4 is 11.9 Å². The van der Waals surface area contributed by atoms with Gasteiger partial charge in [0.25, 0.3) is 0 Å². The van der Waals surface area contributed by atoms with Gasteiger partial charge in [-0.15, -0.1) is 0 Å². The van der Waals surface area contributed by atoms with Crippen molar-refractivity contribution in [3.8, 4) is 0 Å². The summed E-state index contributed by atoms with van der Waals surface area (Å²) in [6.07, 6.45) is 40.1. The molecule has 0 aliphatic heterocycles. The van der Waals surface area contributed by atoms with Gasteiger partial charge in [-0.1, -0.05) is 201 Å². The Labute approximate surface area is 276 Å². The van der Waals surface area contributed by atoms with E-state index >= 15 is 0 Å². The highest BCUT2D eigenvalue weighted by molar-refractivity contribution is 5.69. The number of carboxylic acid groups (broad SMARTS) is 1. The Kier molecular flexibility index (Phi) is 40.9. The number of rotatable bonds is 34. The van der Waals surface area contributed by atoms with E-state index in [2.05, 4.69) is 27.7 Å². The van der Waals surface area contributed by atoms with Gasteiger partial charge in [0, 0.05) is 12.8 Å². The molecule has 0 aliphatic rings. The van der Waals surface area contributed by atoms with Crippen molar-refractivity contribution in [2.45, 2.75) is 233 Å². The molecule has 0 heterocycles. The molecule has 0 saturated heterocycles. The Bertz CT molecular complexity index is 560. The molecule has 0 atom stereocenters. The molecule has 0 bridgehead atoms. The molecule has 4 heteroatoms. The minimum atomic E-state index is -0.655. The number of unbranched alkanes of at least 4 members (excludes halogenated alkanes) is 26. The third-order valence-corrected chi connectivity index (χ3v) is 8.67. The van der Waals surface area contributed by atoms with Gasteiger partial charge >= 0.3 is 11.9 Å². The molecular formula is C40H80O4. The number of carbonyl (C=O) groups excluding carboxylic acids is 1. The van der Waals surface area contributed by atoms with E-state index in [9.17, 15) is 9.59 Å². The van der Waals surface area contributed by atoms with Gasteiger partial charge in [-0.2, -0.15) is 0 Å². The van der Waals surface area contributed by atoms with Crippen LogP contribution < -0.4 is 0 Å². The summed E-state index contributed by atoms with van der Waals surface area (Å²) in [5, 5.41) is 8.49. The van der Waals surface area contributed by atoms with Gasteiger partial charge in [-0.3, -0.25) is 9.59 Å². The number of aliphatic carboxylic acids is 1. The molecule has 1 N–H and O–H groups in total. The number of ether oxygens (including phenoxy) is 1. The lowest BCUT2D eigenvalue weighted by Gasteiger charge is -2.06. The van der Waals surface area contributed by atoms with Crippen molar-refractivity contribution in [3.05, 3.63) is 0 Å². The molecule has 0 fully saturated rings. The van der Waals surface area contributed by atoms with Gasteiger partial charge in [0.15, 0.2) is 0 Å². The average molecular weight is 625 g/mol. The van der Waals surface area contributed by atoms with E-state index in [1.54, 1.807) is 0 Å². The Morgan fingerprint density at radius 3 is 1.11 bits per heavy atom. The first-order chi connectivity index (χ1) is 21.4. The molecule has 0 aromatic rings. The summed E-state index contributed by atoms with van der Waals surface area (Å²) in [5.41, 5.74) is 0. The highest BCUT2D eigenvalue weighted by Crippen LogP contribution is 2.14. The summed E-state index contributed by atoms with van der Waals surface area (Å²) in [7, 11) is 0. The van der Waals surface area contributed by atoms with Crippen LogP contribution in [0.25, 0.3) is 0 Å². The van der Waals surface area contributed by atoms with Crippen LogP contribution in [-0.4, -0.2) is 23.7 Å². The Morgan fingerprint density at radius 2 is 0.773 bits per heavy atom. The van der Waals surface area contributed by atoms with E-state index < -0.39 is 5.97 Å². The van der Waals surface area contributed by atoms with Crippen LogP contribution in [0.5, 0.6) is 0 Å². The van der Waals surface area contributed by atoms with Gasteiger partial charge in [0.2, 0.25) is 0 Å². The van der Waals surface area contributed by atoms with Crippen LogP contribution in [-0.2, 0) is 14.3 Å². The van der Waals surface area contributed by atoms with Gasteiger partial charge in [-0.05, 0) is 25.2 Å². The Morgan fingerprint density at radius 1 is 0.455 bits per heavy atom. The second-order valence-corrected chi connectivity index (χ2v) is 13.8. The third-order valence-electron chi connectivity index (χ3n) is 8.67. The number of esters is 1. The van der Waals surface area contributed by atoms with Crippen LogP contribution in [0.3, 0.4) is 0 Å². The standard InChI is InChI=1S/C24H48O2.C16H32O2/c1-4-5-6-7-8-9-10-11-12-13-14-15-18-21-24(25)26-22-19-16-17-20-23(2)3;1-2-3-4-5-6-7-8-9-10-11-12-13-14-15-16(17)18/h23H,4-22H2,1-3H3;2-15H2,1H3,(H,17,18). The van der Waals surface area contributed by atoms with Crippen LogP contribution in [0.2, 0.25) is 0 Å². The second-order valence-electron chi connectivity index (χ2n) is 13.8. The predicted octanol–water partition coefficient (Wildman–Crippen LogP) is 13.8. The zero-order chi connectivity index (χ0) is 32.8. The summed E-state index contributed by atoms with van der Waals surface area (Å²) in [5.74, 6) is 0.142. The molecular weight excluding hydrogens is 544 g/mol. The van der Waals surface area contributed by atoms with Crippen molar-refractivity contribution in [1.29, 1.82) is 0 Å². The van der Waals surface area contributed by atoms with E-state index in [-0.39, 0.29) is 5.97 Å². The average Bonchev–Trinajstić information content (AvgIpc) is 2.99. The minimum Gasteiger partial charge on any atom is -0.481 e. The lowest BCUT2D eigenvalue weighted by atomic mass is 10.0. The van der Waals surface area contributed by atoms with E-state index in [0.717, 1.165) is 31.6 Å². The van der Waals surface area contributed by atoms with Gasteiger partial charge in [0.1, 0.15) is 0 Å². The summed E-state index contributed by atoms with van der Waals surface area (Å²) in [6, 6.07) is 0. The van der Waals surface area contributed by atoms with Crippen LogP contribution in [0.4, 0.5) is 0 Å². The first-order valence-corrected chi connectivity index (χ1v) is 19.8. The lowest BCUT2D eigenvalue weighted by molar-refractivity contribution is -0.144. The van der Waals surface area contributed by atoms with Crippen LogP contribution >= 0.6 is 0 Å². The monoisotopic (exact) mass is 625 g/mol. The molecule has 0 rings (SSSR count). The highest BCUT2D eigenvalue weighted by atomic mass is 16.5. The molecule has 0 aliphatic carbocycles. The molecule has 0 spiro atoms. The Hall–Kier alpha value is -1.06. The van der Waals surface area contributed by atoms with Gasteiger partial charge in [0.05, 0.1) is 6.61 Å². The summed E-state index contributed by atoms with van der Waals surface area (Å²) in [4.78, 5) is 22.0. The molecule has 44 heavy (non-hydrogen) atoms. The van der Waals surface area contributed by atoms with E-state index in [1.165, 1.54) is 167 Å². The largest absolute Gasteiger partial charge is 0.481 e. The number of carboxylic acids is 1. The number of hydrogen-bond donors (Lipinski definition) is 1. The van der Waals surface area contributed by atoms with Crippen molar-refractivity contribution in [1.82, 2.24) is 0 Å². The van der Waals surface area contributed by atoms with Crippen molar-refractivity contribution in [3.63, 3.8) is 0 Å². The van der Waals surface area contributed by atoms with Crippen molar-refractivity contribution < 1.29 is 19.4 Å². The summed E-state index contributed by atoms with van der Waals surface area (Å²) >= 11 is 0. The normalized spacial score (nSPS) is 11.0. The molecule has 0 saturated carbocycles. The second kappa shape index (κ2) is 40.0. The topological polar surface area (TPSA) is 63.6 Å². The third kappa shape index (κ3) is 45.4. The lowest BCUT2D eigenvalue weighted by Crippen LogP contribution is -2.05. The van der Waals surface area contributed by atoms with Gasteiger partial charge < -0.3 is 9.84 Å². The minimum absolute atomic E-state index is 0.0110. The maximum absolute atomic E-state index is 11.7. The Balaban J connectivity index is 0. The number of carbonyl (C=O) groups is 2. The SMILES string of the molecule is CCCCCCCCCCCCCCCC(=O)O.CCCCCCCCCCCCCCCC(=O)OCCCCCC(C)C. The maximum Gasteiger partial charge on any atom is 0.305 e. The molecule has 0 aromatic carbocycles. The molecule has 264 valence electrons. The summed E-state index contributed by atoms with van der Waals surface area (Å²) < 4.78 is 5.32. The van der Waals surface area contributed by atoms with Crippen LogP contribution in [0.1, 0.15) is 233 Å². The molecule has 0 amide bonds. The smallest absolute Gasteiger partial charge is 0.305 e. The molecule has 0 radical (unpaired) electrons. The maximum atomic E-state index is 11.7. The van der Waals surface area contributed by atoms with Crippen molar-refractivity contribution in [2.75, 3.05) is 6.61 Å². The fourth-order valence-corrected chi connectivity index (χ4v) is 5.67. The molecule has 0 unspecified atom stereocenters. The zero-order valence-corrected chi connectivity index (χ0v) is 30.6. The predicted molar refractivity (Wildman–Crippen MR) is 193 cm³/mol. The van der Waals surface area contributed by atoms with E-state index in [4.69, 9.17) is 9.84 Å². The zero-order valence-electron chi connectivity index (χ0n) is 30.6. The quantitative estimate of drug-likeness (QED) is 0.0571. The number of hydrogen-bond acceptors (Lipinski definition) is 3. The fraction of sp³-hybridized carbons (Fsp3) is 0.950. The first-order valence-electron chi connectivity index (χ1n) is 19.8. The fourth-order valence-electron chi connectivity index (χ4n) is 5.67. The molecule has 4 nitrogen and oxygen atoms in total. The van der Waals surface area contributed by atoms with Gasteiger partial charge in [-0.25, -0.2) is 0 Å². The highest BCUT2D eigenvalue weighted by Gasteiger charge is 2.03. The summed E-state index contributed by atoms with van der Waals surface area (Å²) in [6.45, 7) is 9.68. The van der Waals surface area contributed by atoms with Crippen LogP contribution in [0.15, 0.2) is 0 Å². The van der Waals surface area contributed by atoms with E-state index in [0.29, 0.717) is 19.4 Å². The van der Waals surface area contributed by atoms with Crippen LogP contribution in [0, 0.1) is 5.92 Å². The molecule has 0 aromatic heterocycles. The first kappa shape index (κ1) is 45.1.